The number of esters is 1. The zero-order valence-corrected chi connectivity index (χ0v) is 17.5. The molecule has 0 aromatic carbocycles. The smallest absolute Gasteiger partial charge is 0.331 e. The van der Waals surface area contributed by atoms with Crippen LogP contribution in [0.25, 0.3) is 0 Å². The quantitative estimate of drug-likeness (QED) is 0.490. The summed E-state index contributed by atoms with van der Waals surface area (Å²) >= 11 is 0. The largest absolute Gasteiger partial charge is 0.451 e. The van der Waals surface area contributed by atoms with Crippen LogP contribution in [0.5, 0.6) is 0 Å². The molecule has 0 bridgehead atoms. The van der Waals surface area contributed by atoms with E-state index < -0.39 is 0 Å². The molecule has 1 spiro atoms. The van der Waals surface area contributed by atoms with E-state index in [9.17, 15) is 9.59 Å². The Morgan fingerprint density at radius 3 is 2.72 bits per heavy atom. The molecule has 6 unspecified atom stereocenters. The van der Waals surface area contributed by atoms with Gasteiger partial charge in [-0.3, -0.25) is 4.79 Å². The molecule has 0 aromatic heterocycles. The molecular weight excluding hydrogens is 360 g/mol. The van der Waals surface area contributed by atoms with Crippen LogP contribution in [0.2, 0.25) is 0 Å². The molecule has 0 amide bonds. The molecule has 0 saturated heterocycles. The Kier molecular flexibility index (Phi) is 3.25. The number of fused-ring (bicyclic) bond motifs is 8. The van der Waals surface area contributed by atoms with E-state index in [2.05, 4.69) is 13.0 Å². The number of Topliss-reactive ketones (excluding diaryl/α,β-unsaturated/α-hetero) is 1. The van der Waals surface area contributed by atoms with Crippen LogP contribution in [0.15, 0.2) is 23.3 Å². The molecule has 1 aliphatic heterocycles. The third kappa shape index (κ3) is 2.01. The second kappa shape index (κ2) is 5.45. The lowest BCUT2D eigenvalue weighted by molar-refractivity contribution is -0.171. The first-order valence-electron chi connectivity index (χ1n) is 12.2. The van der Waals surface area contributed by atoms with Gasteiger partial charge in [-0.2, -0.15) is 0 Å². The number of ketones is 1. The number of ether oxygens (including phenoxy) is 1. The van der Waals surface area contributed by atoms with E-state index in [-0.39, 0.29) is 17.0 Å². The van der Waals surface area contributed by atoms with Crippen LogP contribution < -0.4 is 0 Å². The number of carbonyl (C=O) groups excluding carboxylic acids is 2. The van der Waals surface area contributed by atoms with Crippen molar-refractivity contribution in [3.8, 4) is 0 Å². The Balaban J connectivity index is 1.35. The van der Waals surface area contributed by atoms with Gasteiger partial charge in [-0.05, 0) is 93.0 Å². The van der Waals surface area contributed by atoms with Crippen LogP contribution in [0.3, 0.4) is 0 Å². The summed E-state index contributed by atoms with van der Waals surface area (Å²) in [5.74, 6) is 5.54. The number of hydrogen-bond donors (Lipinski definition) is 0. The average molecular weight is 393 g/mol. The fraction of sp³-hybridized carbons (Fsp3) is 0.769. The second-order valence-corrected chi connectivity index (χ2v) is 11.4. The second-order valence-electron chi connectivity index (χ2n) is 11.4. The van der Waals surface area contributed by atoms with Crippen LogP contribution in [0.1, 0.15) is 71.1 Å². The van der Waals surface area contributed by atoms with Crippen LogP contribution in [-0.4, -0.2) is 17.4 Å². The van der Waals surface area contributed by atoms with Gasteiger partial charge in [-0.15, -0.1) is 0 Å². The Labute approximate surface area is 173 Å². The zero-order valence-electron chi connectivity index (χ0n) is 17.5. The molecule has 0 aromatic rings. The van der Waals surface area contributed by atoms with Gasteiger partial charge in [-0.1, -0.05) is 18.1 Å². The lowest BCUT2D eigenvalue weighted by Crippen LogP contribution is -2.57. The SMILES string of the molecule is CC[C@]12CCC3C4=C(CC(=O)CC4)CC(C4CC4)C3C1C1CC1[C@@]21C=CC(=O)O1. The molecule has 7 aliphatic rings. The van der Waals surface area contributed by atoms with Crippen molar-refractivity contribution in [1.29, 1.82) is 0 Å². The molecule has 4 saturated carbocycles. The van der Waals surface area contributed by atoms with Gasteiger partial charge in [-0.25, -0.2) is 4.79 Å². The van der Waals surface area contributed by atoms with Crippen molar-refractivity contribution < 1.29 is 14.3 Å². The van der Waals surface area contributed by atoms with Crippen LogP contribution >= 0.6 is 0 Å². The van der Waals surface area contributed by atoms with Crippen molar-refractivity contribution in [3.05, 3.63) is 23.3 Å². The van der Waals surface area contributed by atoms with Crippen molar-refractivity contribution in [2.24, 2.45) is 46.8 Å². The molecule has 7 rings (SSSR count). The minimum atomic E-state index is -0.301. The first kappa shape index (κ1) is 17.3. The summed E-state index contributed by atoms with van der Waals surface area (Å²) in [5, 5.41) is 0. The van der Waals surface area contributed by atoms with E-state index >= 15 is 0 Å². The molecule has 1 heterocycles. The number of carbonyl (C=O) groups is 2. The summed E-state index contributed by atoms with van der Waals surface area (Å²) in [4.78, 5) is 24.5. The van der Waals surface area contributed by atoms with E-state index in [0.717, 1.165) is 49.4 Å². The predicted molar refractivity (Wildman–Crippen MR) is 109 cm³/mol. The molecule has 8 atom stereocenters. The van der Waals surface area contributed by atoms with E-state index in [1.165, 1.54) is 38.5 Å². The van der Waals surface area contributed by atoms with Gasteiger partial charge in [0.15, 0.2) is 0 Å². The molecule has 154 valence electrons. The highest BCUT2D eigenvalue weighted by molar-refractivity contribution is 5.86. The fourth-order valence-corrected chi connectivity index (χ4v) is 9.54. The first-order chi connectivity index (χ1) is 14.1. The van der Waals surface area contributed by atoms with Gasteiger partial charge in [0.2, 0.25) is 0 Å². The number of allylic oxidation sites excluding steroid dienone is 2. The minimum absolute atomic E-state index is 0.107. The lowest BCUT2D eigenvalue weighted by Gasteiger charge is -2.58. The summed E-state index contributed by atoms with van der Waals surface area (Å²) in [7, 11) is 0. The maximum Gasteiger partial charge on any atom is 0.331 e. The van der Waals surface area contributed by atoms with Crippen molar-refractivity contribution in [1.82, 2.24) is 0 Å². The average Bonchev–Trinajstić information content (AvgIpc) is 3.64. The standard InChI is InChI=1S/C26H32O3/c1-2-25-9-7-18-17-6-5-16(27)11-15(17)12-19(14-3-4-14)23(18)24(25)20-13-21(20)26(25)10-8-22(28)29-26/h8,10,14,18-21,23-24H,2-7,9,11-13H2,1H3/t18?,19?,20?,21?,23?,24?,25-,26-/m0/s1. The van der Waals surface area contributed by atoms with Crippen molar-refractivity contribution >= 4 is 11.8 Å². The zero-order chi connectivity index (χ0) is 19.5. The van der Waals surface area contributed by atoms with Crippen LogP contribution in [0.4, 0.5) is 0 Å². The summed E-state index contributed by atoms with van der Waals surface area (Å²) in [6.07, 6.45) is 15.3. The summed E-state index contributed by atoms with van der Waals surface area (Å²) < 4.78 is 6.23. The van der Waals surface area contributed by atoms with Crippen molar-refractivity contribution in [2.75, 3.05) is 0 Å². The summed E-state index contributed by atoms with van der Waals surface area (Å²) in [5.41, 5.74) is 3.11. The van der Waals surface area contributed by atoms with E-state index in [1.54, 1.807) is 17.2 Å². The summed E-state index contributed by atoms with van der Waals surface area (Å²) in [6, 6.07) is 0. The third-order valence-corrected chi connectivity index (χ3v) is 10.6. The highest BCUT2D eigenvalue weighted by Crippen LogP contribution is 2.79. The van der Waals surface area contributed by atoms with Gasteiger partial charge in [0.25, 0.3) is 0 Å². The Bertz CT molecular complexity index is 878. The monoisotopic (exact) mass is 392 g/mol. The molecule has 29 heavy (non-hydrogen) atoms. The molecule has 4 fully saturated rings. The lowest BCUT2D eigenvalue weighted by atomic mass is 9.47. The Hall–Kier alpha value is -1.38. The molecular formula is C26H32O3. The molecule has 3 nitrogen and oxygen atoms in total. The van der Waals surface area contributed by atoms with Gasteiger partial charge in [0.05, 0.1) is 0 Å². The maximum absolute atomic E-state index is 12.2. The Morgan fingerprint density at radius 1 is 1.14 bits per heavy atom. The minimum Gasteiger partial charge on any atom is -0.451 e. The topological polar surface area (TPSA) is 43.4 Å². The molecule has 0 N–H and O–H groups in total. The first-order valence-corrected chi connectivity index (χ1v) is 12.2. The summed E-state index contributed by atoms with van der Waals surface area (Å²) in [6.45, 7) is 2.36. The Morgan fingerprint density at radius 2 is 2.00 bits per heavy atom. The van der Waals surface area contributed by atoms with Gasteiger partial charge in [0, 0.05) is 30.3 Å². The predicted octanol–water partition coefficient (Wildman–Crippen LogP) is 5.01. The van der Waals surface area contributed by atoms with Crippen molar-refractivity contribution in [2.45, 2.75) is 76.7 Å². The molecule has 6 aliphatic carbocycles. The molecule has 0 radical (unpaired) electrons. The third-order valence-electron chi connectivity index (χ3n) is 10.6. The molecule has 3 heteroatoms. The number of rotatable bonds is 2. The van der Waals surface area contributed by atoms with Crippen LogP contribution in [-0.2, 0) is 14.3 Å². The maximum atomic E-state index is 12.2. The van der Waals surface area contributed by atoms with Gasteiger partial charge < -0.3 is 4.74 Å². The van der Waals surface area contributed by atoms with Gasteiger partial charge in [0.1, 0.15) is 11.4 Å². The van der Waals surface area contributed by atoms with E-state index in [1.807, 2.05) is 0 Å². The van der Waals surface area contributed by atoms with Gasteiger partial charge >= 0.3 is 5.97 Å². The van der Waals surface area contributed by atoms with E-state index in [4.69, 9.17) is 4.74 Å². The highest BCUT2D eigenvalue weighted by Gasteiger charge is 2.79. The van der Waals surface area contributed by atoms with Crippen molar-refractivity contribution in [3.63, 3.8) is 0 Å². The van der Waals surface area contributed by atoms with Crippen LogP contribution in [0, 0.1) is 46.8 Å². The van der Waals surface area contributed by atoms with E-state index in [0.29, 0.717) is 23.5 Å². The fourth-order valence-electron chi connectivity index (χ4n) is 9.54. The normalized spacial score (nSPS) is 52.2. The highest BCUT2D eigenvalue weighted by atomic mass is 16.6. The number of hydrogen-bond acceptors (Lipinski definition) is 3.